The van der Waals surface area contributed by atoms with Crippen LogP contribution in [0.25, 0.3) is 10.9 Å². The molecule has 1 aliphatic rings. The van der Waals surface area contributed by atoms with Gasteiger partial charge in [-0.25, -0.2) is 23.5 Å². The first-order valence-electron chi connectivity index (χ1n) is 11.3. The van der Waals surface area contributed by atoms with E-state index in [-0.39, 0.29) is 36.4 Å². The van der Waals surface area contributed by atoms with E-state index in [0.717, 1.165) is 6.07 Å². The number of alkyl halides is 3. The SMILES string of the molecule is COc1cc2nc(C)nc(NCc3cc(N)cc(C(F)(F)F)n3)c2cc1OC[C@@]1([SiH3])CN([SH]=O)CCO1. The molecule has 0 bridgehead atoms. The smallest absolute Gasteiger partial charge is 0.433 e. The molecular weight excluding hydrogens is 529 g/mol. The summed E-state index contributed by atoms with van der Waals surface area (Å²) in [5.74, 6) is 1.71. The van der Waals surface area contributed by atoms with Crippen molar-refractivity contribution >= 4 is 44.5 Å². The van der Waals surface area contributed by atoms with Crippen LogP contribution in [0.2, 0.25) is 0 Å². The molecule has 2 aromatic heterocycles. The number of nitrogens with two attached hydrogens (primary N) is 1. The van der Waals surface area contributed by atoms with Gasteiger partial charge < -0.3 is 25.3 Å². The van der Waals surface area contributed by atoms with E-state index in [1.54, 1.807) is 23.4 Å². The number of rotatable bonds is 8. The molecule has 1 saturated heterocycles. The maximum atomic E-state index is 13.2. The number of nitrogens with one attached hydrogen (secondary N) is 1. The van der Waals surface area contributed by atoms with Gasteiger partial charge in [0.05, 0.1) is 48.5 Å². The van der Waals surface area contributed by atoms with E-state index in [0.29, 0.717) is 64.0 Å². The first kappa shape index (κ1) is 27.0. The first-order valence-corrected chi connectivity index (χ1v) is 13.0. The molecule has 10 nitrogen and oxygen atoms in total. The molecule has 200 valence electrons. The second kappa shape index (κ2) is 10.8. The lowest BCUT2D eigenvalue weighted by molar-refractivity contribution is -0.141. The number of nitrogens with zero attached hydrogens (tertiary/aromatic N) is 4. The minimum absolute atomic E-state index is 0.0414. The van der Waals surface area contributed by atoms with Gasteiger partial charge in [0.15, 0.2) is 11.5 Å². The Hall–Kier alpha value is -3.01. The van der Waals surface area contributed by atoms with E-state index in [2.05, 4.69) is 20.3 Å². The summed E-state index contributed by atoms with van der Waals surface area (Å²) in [4.78, 5) is 12.6. The highest BCUT2D eigenvalue weighted by Crippen LogP contribution is 2.35. The Kier molecular flexibility index (Phi) is 7.87. The van der Waals surface area contributed by atoms with Gasteiger partial charge in [-0.15, -0.1) is 0 Å². The van der Waals surface area contributed by atoms with Crippen LogP contribution in [0.3, 0.4) is 0 Å². The number of benzene rings is 1. The molecule has 15 heteroatoms. The Morgan fingerprint density at radius 3 is 2.73 bits per heavy atom. The van der Waals surface area contributed by atoms with Crippen LogP contribution >= 0.6 is 0 Å². The zero-order valence-electron chi connectivity index (χ0n) is 20.4. The van der Waals surface area contributed by atoms with Gasteiger partial charge in [-0.05, 0) is 25.1 Å². The van der Waals surface area contributed by atoms with Gasteiger partial charge in [0, 0.05) is 40.5 Å². The topological polar surface area (TPSA) is 125 Å². The Balaban J connectivity index is 1.62. The molecule has 0 amide bonds. The number of thiol groups is 1. The molecule has 0 aliphatic carbocycles. The number of nitrogen functional groups attached to an aromatic ring is 1. The third kappa shape index (κ3) is 6.47. The molecule has 0 spiro atoms. The highest BCUT2D eigenvalue weighted by molar-refractivity contribution is 7.63. The molecule has 0 radical (unpaired) electrons. The lowest BCUT2D eigenvalue weighted by atomic mass is 10.2. The summed E-state index contributed by atoms with van der Waals surface area (Å²) in [5, 5.41) is 3.07. The highest BCUT2D eigenvalue weighted by atomic mass is 32.2. The maximum Gasteiger partial charge on any atom is 0.433 e. The van der Waals surface area contributed by atoms with E-state index >= 15 is 0 Å². The van der Waals surface area contributed by atoms with Crippen LogP contribution in [0.15, 0.2) is 24.3 Å². The largest absolute Gasteiger partial charge is 0.493 e. The quantitative estimate of drug-likeness (QED) is 0.277. The highest BCUT2D eigenvalue weighted by Gasteiger charge is 2.34. The zero-order chi connectivity index (χ0) is 26.8. The normalized spacial score (nSPS) is 18.7. The predicted molar refractivity (Wildman–Crippen MR) is 137 cm³/mol. The predicted octanol–water partition coefficient (Wildman–Crippen LogP) is 1.19. The van der Waals surface area contributed by atoms with Gasteiger partial charge in [0.1, 0.15) is 23.9 Å². The summed E-state index contributed by atoms with van der Waals surface area (Å²) in [6.45, 7) is 3.37. The molecule has 1 atom stereocenters. The summed E-state index contributed by atoms with van der Waals surface area (Å²) in [6, 6.07) is 5.57. The number of pyridine rings is 1. The molecule has 3 aromatic rings. The lowest BCUT2D eigenvalue weighted by Crippen LogP contribution is -2.54. The fourth-order valence-electron chi connectivity index (χ4n) is 3.98. The number of halogens is 3. The lowest BCUT2D eigenvalue weighted by Gasteiger charge is -2.37. The fraction of sp³-hybridized carbons (Fsp3) is 0.409. The second-order valence-electron chi connectivity index (χ2n) is 8.82. The number of aromatic nitrogens is 3. The molecular formula is C22H27F3N6O4SSi. The van der Waals surface area contributed by atoms with Crippen molar-refractivity contribution in [3.63, 3.8) is 0 Å². The van der Waals surface area contributed by atoms with E-state index in [9.17, 15) is 17.4 Å². The van der Waals surface area contributed by atoms with Gasteiger partial charge >= 0.3 is 6.18 Å². The zero-order valence-corrected chi connectivity index (χ0v) is 23.3. The summed E-state index contributed by atoms with van der Waals surface area (Å²) < 4.78 is 70.1. The third-order valence-electron chi connectivity index (χ3n) is 5.69. The van der Waals surface area contributed by atoms with Crippen LogP contribution < -0.4 is 20.5 Å². The van der Waals surface area contributed by atoms with Crippen LogP contribution in [0.4, 0.5) is 24.7 Å². The molecule has 1 fully saturated rings. The van der Waals surface area contributed by atoms with E-state index in [1.807, 2.05) is 0 Å². The summed E-state index contributed by atoms with van der Waals surface area (Å²) in [5.41, 5.74) is 5.22. The molecule has 1 aliphatic heterocycles. The van der Waals surface area contributed by atoms with E-state index in [4.69, 9.17) is 19.9 Å². The van der Waals surface area contributed by atoms with Gasteiger partial charge in [0.2, 0.25) is 0 Å². The van der Waals surface area contributed by atoms with Gasteiger partial charge in [-0.1, -0.05) is 0 Å². The number of fused-ring (bicyclic) bond motifs is 1. The molecule has 0 unspecified atom stereocenters. The molecule has 0 saturated carbocycles. The molecule has 3 N–H and O–H groups in total. The summed E-state index contributed by atoms with van der Waals surface area (Å²) in [6.07, 6.45) is -4.61. The monoisotopic (exact) mass is 556 g/mol. The van der Waals surface area contributed by atoms with Gasteiger partial charge in [-0.3, -0.25) is 0 Å². The fourth-order valence-corrected chi connectivity index (χ4v) is 5.49. The number of ether oxygens (including phenoxy) is 3. The average molecular weight is 557 g/mol. The van der Waals surface area contributed by atoms with Crippen molar-refractivity contribution in [3.8, 4) is 11.5 Å². The Morgan fingerprint density at radius 1 is 1.24 bits per heavy atom. The van der Waals surface area contributed by atoms with E-state index < -0.39 is 17.1 Å². The average Bonchev–Trinajstić information content (AvgIpc) is 2.84. The third-order valence-corrected chi connectivity index (χ3v) is 7.15. The van der Waals surface area contributed by atoms with Crippen molar-refractivity contribution in [2.45, 2.75) is 24.9 Å². The first-order chi connectivity index (χ1) is 17.5. The van der Waals surface area contributed by atoms with Crippen molar-refractivity contribution in [2.75, 3.05) is 44.5 Å². The molecule has 4 rings (SSSR count). The number of aryl methyl sites for hydroxylation is 1. The standard InChI is InChI=1S/C22H27F3N6O4SSi/c1-12-28-16-8-17(33-2)18(34-11-21(37)10-31(36-32)3-4-35-21)7-15(16)20(29-12)27-9-14-5-13(26)6-19(30-14)22(23,24)25/h5-8,36H,3-4,9-11H2,1-2,37H3,(H2,26,30)(H,27,28,29)/t21-/m0/s1. The van der Waals surface area contributed by atoms with Crippen LogP contribution in [0.1, 0.15) is 17.2 Å². The Bertz CT molecular complexity index is 1320. The minimum atomic E-state index is -4.61. The number of hydrogen-bond acceptors (Lipinski definition) is 9. The van der Waals surface area contributed by atoms with Crippen molar-refractivity contribution in [1.29, 1.82) is 0 Å². The van der Waals surface area contributed by atoms with Crippen LogP contribution in [0, 0.1) is 6.92 Å². The Morgan fingerprint density at radius 2 is 2.03 bits per heavy atom. The summed E-state index contributed by atoms with van der Waals surface area (Å²) >= 11 is -0.0558. The second-order valence-corrected chi connectivity index (χ2v) is 11.4. The Labute approximate surface area is 217 Å². The molecule has 1 aromatic carbocycles. The van der Waals surface area contributed by atoms with Crippen molar-refractivity contribution in [3.05, 3.63) is 41.5 Å². The van der Waals surface area contributed by atoms with E-state index in [1.165, 1.54) is 13.2 Å². The van der Waals surface area contributed by atoms with Gasteiger partial charge in [-0.2, -0.15) is 13.2 Å². The van der Waals surface area contributed by atoms with Crippen molar-refractivity contribution in [2.24, 2.45) is 0 Å². The number of anilines is 2. The number of hydrogen-bond donors (Lipinski definition) is 3. The van der Waals surface area contributed by atoms with Gasteiger partial charge in [0.25, 0.3) is 0 Å². The molecule has 37 heavy (non-hydrogen) atoms. The van der Waals surface area contributed by atoms with Crippen molar-refractivity contribution < 1.29 is 31.6 Å². The van der Waals surface area contributed by atoms with Crippen LogP contribution in [0.5, 0.6) is 11.5 Å². The van der Waals surface area contributed by atoms with Crippen LogP contribution in [-0.2, 0) is 29.3 Å². The number of methoxy groups -OCH3 is 1. The van der Waals surface area contributed by atoms with Crippen LogP contribution in [-0.4, -0.2) is 72.3 Å². The minimum Gasteiger partial charge on any atom is -0.493 e. The number of morpholine rings is 1. The summed E-state index contributed by atoms with van der Waals surface area (Å²) in [7, 11) is 2.15. The molecule has 3 heterocycles. The van der Waals surface area contributed by atoms with Crippen molar-refractivity contribution in [1.82, 2.24) is 19.3 Å². The maximum absolute atomic E-state index is 13.2.